The van der Waals surface area contributed by atoms with Gasteiger partial charge in [-0.25, -0.2) is 0 Å². The second-order valence-corrected chi connectivity index (χ2v) is 5.10. The Morgan fingerprint density at radius 3 is 2.65 bits per heavy atom. The number of carbonyl (C=O) groups excluding carboxylic acids is 1. The van der Waals surface area contributed by atoms with Crippen LogP contribution in [0.4, 0.5) is 0 Å². The summed E-state index contributed by atoms with van der Waals surface area (Å²) in [4.78, 5) is 13.6. The maximum absolute atomic E-state index is 11.4. The first kappa shape index (κ1) is 10.4. The van der Waals surface area contributed by atoms with E-state index in [1.807, 2.05) is 18.2 Å². The van der Waals surface area contributed by atoms with Crippen LogP contribution in [0.2, 0.25) is 0 Å². The minimum Gasteiger partial charge on any atom is -0.366 e. The molecule has 1 heterocycles. The van der Waals surface area contributed by atoms with Crippen molar-refractivity contribution in [3.05, 3.63) is 59.2 Å². The van der Waals surface area contributed by atoms with E-state index in [0.717, 1.165) is 11.3 Å². The highest BCUT2D eigenvalue weighted by Gasteiger charge is 2.20. The van der Waals surface area contributed by atoms with Crippen molar-refractivity contribution in [2.24, 2.45) is 5.73 Å². The second-order valence-electron chi connectivity index (χ2n) is 4.04. The van der Waals surface area contributed by atoms with Gasteiger partial charge in [0.1, 0.15) is 0 Å². The molecule has 1 amide bonds. The van der Waals surface area contributed by atoms with Gasteiger partial charge in [0.15, 0.2) is 0 Å². The molecule has 0 aromatic heterocycles. The van der Waals surface area contributed by atoms with Gasteiger partial charge < -0.3 is 5.73 Å². The molecule has 2 aromatic carbocycles. The van der Waals surface area contributed by atoms with E-state index >= 15 is 0 Å². The quantitative estimate of drug-likeness (QED) is 0.712. The van der Waals surface area contributed by atoms with E-state index in [0.29, 0.717) is 5.56 Å². The lowest BCUT2D eigenvalue weighted by molar-refractivity contribution is 0.0997. The fourth-order valence-corrected chi connectivity index (χ4v) is 3.29. The molecule has 0 unspecified atom stereocenters. The number of nitrogens with two attached hydrogens (primary N) is 1. The Balaban J connectivity index is 2.15. The lowest BCUT2D eigenvalue weighted by Crippen LogP contribution is -2.14. The molecule has 1 aliphatic rings. The predicted octanol–water partition coefficient (Wildman–Crippen LogP) is 2.84. The van der Waals surface area contributed by atoms with Gasteiger partial charge in [0.2, 0.25) is 5.91 Å². The third-order valence-corrected chi connectivity index (χ3v) is 4.23. The maximum Gasteiger partial charge on any atom is 0.249 e. The molecule has 3 rings (SSSR count). The molecule has 2 nitrogen and oxygen atoms in total. The molecule has 0 saturated carbocycles. The minimum absolute atomic E-state index is 0.353. The van der Waals surface area contributed by atoms with Crippen LogP contribution in [0.15, 0.2) is 52.3 Å². The molecule has 3 heteroatoms. The van der Waals surface area contributed by atoms with Gasteiger partial charge in [-0.05, 0) is 29.7 Å². The fraction of sp³-hybridized carbons (Fsp3) is 0.0714. The number of amides is 1. The summed E-state index contributed by atoms with van der Waals surface area (Å²) in [5.41, 5.74) is 8.53. The van der Waals surface area contributed by atoms with Crippen LogP contribution in [0, 0.1) is 0 Å². The van der Waals surface area contributed by atoms with Crippen molar-refractivity contribution in [2.75, 3.05) is 0 Å². The van der Waals surface area contributed by atoms with E-state index in [1.165, 1.54) is 16.0 Å². The molecule has 0 aliphatic carbocycles. The summed E-state index contributed by atoms with van der Waals surface area (Å²) in [5, 5.41) is 0. The van der Waals surface area contributed by atoms with Crippen molar-refractivity contribution in [1.82, 2.24) is 0 Å². The van der Waals surface area contributed by atoms with Crippen molar-refractivity contribution >= 4 is 17.7 Å². The molecule has 0 bridgehead atoms. The van der Waals surface area contributed by atoms with Gasteiger partial charge in [0.05, 0.1) is 5.56 Å². The topological polar surface area (TPSA) is 43.1 Å². The largest absolute Gasteiger partial charge is 0.366 e. The standard InChI is InChI=1S/C14H11NOS/c15-14(16)11-6-3-5-10-8-9-4-1-2-7-12(9)17-13(10)11/h1-7H,8H2,(H2,15,16). The molecule has 0 saturated heterocycles. The second kappa shape index (κ2) is 3.93. The highest BCUT2D eigenvalue weighted by atomic mass is 32.2. The van der Waals surface area contributed by atoms with Gasteiger partial charge in [-0.15, -0.1) is 0 Å². The van der Waals surface area contributed by atoms with Gasteiger partial charge in [0.25, 0.3) is 0 Å². The first-order valence-corrected chi connectivity index (χ1v) is 6.25. The Morgan fingerprint density at radius 1 is 1.06 bits per heavy atom. The number of benzene rings is 2. The third kappa shape index (κ3) is 1.72. The van der Waals surface area contributed by atoms with Gasteiger partial charge in [-0.1, -0.05) is 42.1 Å². The van der Waals surface area contributed by atoms with Crippen molar-refractivity contribution in [2.45, 2.75) is 16.2 Å². The van der Waals surface area contributed by atoms with Crippen molar-refractivity contribution in [3.8, 4) is 0 Å². The summed E-state index contributed by atoms with van der Waals surface area (Å²) >= 11 is 1.64. The number of fused-ring (bicyclic) bond motifs is 2. The normalized spacial score (nSPS) is 12.7. The van der Waals surface area contributed by atoms with Crippen LogP contribution < -0.4 is 5.73 Å². The van der Waals surface area contributed by atoms with Crippen molar-refractivity contribution in [3.63, 3.8) is 0 Å². The Bertz CT molecular complexity index is 607. The van der Waals surface area contributed by atoms with Crippen molar-refractivity contribution in [1.29, 1.82) is 0 Å². The average Bonchev–Trinajstić information content (AvgIpc) is 2.35. The predicted molar refractivity (Wildman–Crippen MR) is 68.3 cm³/mol. The average molecular weight is 241 g/mol. The Morgan fingerprint density at radius 2 is 1.82 bits per heavy atom. The zero-order chi connectivity index (χ0) is 11.8. The zero-order valence-corrected chi connectivity index (χ0v) is 9.96. The van der Waals surface area contributed by atoms with Gasteiger partial charge >= 0.3 is 0 Å². The number of primary amides is 1. The van der Waals surface area contributed by atoms with E-state index in [4.69, 9.17) is 5.73 Å². The molecular weight excluding hydrogens is 230 g/mol. The molecule has 2 aromatic rings. The molecule has 84 valence electrons. The number of rotatable bonds is 1. The molecule has 2 N–H and O–H groups in total. The molecule has 1 aliphatic heterocycles. The van der Waals surface area contributed by atoms with E-state index in [-0.39, 0.29) is 5.91 Å². The molecule has 0 fully saturated rings. The van der Waals surface area contributed by atoms with Crippen LogP contribution in [-0.2, 0) is 6.42 Å². The third-order valence-electron chi connectivity index (χ3n) is 2.93. The number of hydrogen-bond acceptors (Lipinski definition) is 2. The van der Waals surface area contributed by atoms with Crippen LogP contribution in [0.5, 0.6) is 0 Å². The molecule has 0 atom stereocenters. The first-order valence-electron chi connectivity index (χ1n) is 5.43. The smallest absolute Gasteiger partial charge is 0.249 e. The summed E-state index contributed by atoms with van der Waals surface area (Å²) in [7, 11) is 0. The molecule has 0 spiro atoms. The summed E-state index contributed by atoms with van der Waals surface area (Å²) in [6, 6.07) is 14.0. The van der Waals surface area contributed by atoms with Gasteiger partial charge in [-0.3, -0.25) is 4.79 Å². The monoisotopic (exact) mass is 241 g/mol. The van der Waals surface area contributed by atoms with E-state index in [2.05, 4.69) is 18.2 Å². The highest BCUT2D eigenvalue weighted by molar-refractivity contribution is 7.99. The number of carbonyl (C=O) groups is 1. The van der Waals surface area contributed by atoms with Gasteiger partial charge in [-0.2, -0.15) is 0 Å². The van der Waals surface area contributed by atoms with Gasteiger partial charge in [0, 0.05) is 9.79 Å². The molecular formula is C14H11NOS. The lowest BCUT2D eigenvalue weighted by Gasteiger charge is -2.20. The zero-order valence-electron chi connectivity index (χ0n) is 9.14. The summed E-state index contributed by atoms with van der Waals surface area (Å²) in [5.74, 6) is -0.353. The summed E-state index contributed by atoms with van der Waals surface area (Å²) < 4.78 is 0. The highest BCUT2D eigenvalue weighted by Crippen LogP contribution is 2.40. The first-order chi connectivity index (χ1) is 8.25. The molecule has 17 heavy (non-hydrogen) atoms. The maximum atomic E-state index is 11.4. The summed E-state index contributed by atoms with van der Waals surface area (Å²) in [6.45, 7) is 0. The van der Waals surface area contributed by atoms with E-state index in [9.17, 15) is 4.79 Å². The lowest BCUT2D eigenvalue weighted by atomic mass is 10.0. The van der Waals surface area contributed by atoms with Crippen LogP contribution >= 0.6 is 11.8 Å². The number of hydrogen-bond donors (Lipinski definition) is 1. The SMILES string of the molecule is NC(=O)c1cccc2c1Sc1ccccc1C2. The summed E-state index contributed by atoms with van der Waals surface area (Å²) in [6.07, 6.45) is 0.875. The van der Waals surface area contributed by atoms with E-state index < -0.39 is 0 Å². The van der Waals surface area contributed by atoms with Crippen LogP contribution in [0.1, 0.15) is 21.5 Å². The fourth-order valence-electron chi connectivity index (χ4n) is 2.10. The Labute approximate surface area is 104 Å². The van der Waals surface area contributed by atoms with Crippen LogP contribution in [-0.4, -0.2) is 5.91 Å². The van der Waals surface area contributed by atoms with Crippen molar-refractivity contribution < 1.29 is 4.79 Å². The Kier molecular flexibility index (Phi) is 2.41. The van der Waals surface area contributed by atoms with Crippen LogP contribution in [0.3, 0.4) is 0 Å². The minimum atomic E-state index is -0.353. The van der Waals surface area contributed by atoms with E-state index in [1.54, 1.807) is 17.8 Å². The van der Waals surface area contributed by atoms with Crippen LogP contribution in [0.25, 0.3) is 0 Å². The Hall–Kier alpha value is -1.74. The molecule has 0 radical (unpaired) electrons.